The second kappa shape index (κ2) is 4.89. The molecule has 0 aliphatic carbocycles. The minimum atomic E-state index is -0.406. The van der Waals surface area contributed by atoms with Crippen molar-refractivity contribution in [3.63, 3.8) is 0 Å². The van der Waals surface area contributed by atoms with Crippen LogP contribution in [-0.4, -0.2) is 15.7 Å². The van der Waals surface area contributed by atoms with Gasteiger partial charge in [-0.05, 0) is 41.1 Å². The standard InChI is InChI=1S/C12H11BrFN3O/c1-7-9(6-17(2)16-7)12(18)15-11-5-8(14)3-4-10(11)13/h3-6H,1-2H3,(H,15,18). The molecule has 94 valence electrons. The number of nitrogens with one attached hydrogen (secondary N) is 1. The molecule has 0 saturated heterocycles. The van der Waals surface area contributed by atoms with Gasteiger partial charge in [-0.3, -0.25) is 9.48 Å². The summed E-state index contributed by atoms with van der Waals surface area (Å²) in [7, 11) is 1.74. The highest BCUT2D eigenvalue weighted by molar-refractivity contribution is 9.10. The van der Waals surface area contributed by atoms with Crippen LogP contribution in [0, 0.1) is 12.7 Å². The summed E-state index contributed by atoms with van der Waals surface area (Å²) in [5, 5.41) is 6.73. The van der Waals surface area contributed by atoms with Gasteiger partial charge in [0.05, 0.1) is 16.9 Å². The van der Waals surface area contributed by atoms with E-state index in [1.165, 1.54) is 12.1 Å². The first-order chi connectivity index (χ1) is 8.47. The number of carbonyl (C=O) groups is 1. The summed E-state index contributed by atoms with van der Waals surface area (Å²) < 4.78 is 15.3. The first kappa shape index (κ1) is 12.8. The second-order valence-electron chi connectivity index (χ2n) is 3.88. The molecule has 0 atom stereocenters. The van der Waals surface area contributed by atoms with Gasteiger partial charge in [0, 0.05) is 17.7 Å². The van der Waals surface area contributed by atoms with Gasteiger partial charge >= 0.3 is 0 Å². The summed E-state index contributed by atoms with van der Waals surface area (Å²) in [6, 6.07) is 4.11. The summed E-state index contributed by atoms with van der Waals surface area (Å²) in [4.78, 5) is 12.0. The van der Waals surface area contributed by atoms with E-state index in [1.807, 2.05) is 0 Å². The van der Waals surface area contributed by atoms with Gasteiger partial charge in [0.2, 0.25) is 0 Å². The Hall–Kier alpha value is -1.69. The van der Waals surface area contributed by atoms with Gasteiger partial charge in [-0.2, -0.15) is 5.10 Å². The molecule has 18 heavy (non-hydrogen) atoms. The fourth-order valence-corrected chi connectivity index (χ4v) is 1.95. The Kier molecular flexibility index (Phi) is 3.47. The molecule has 0 radical (unpaired) electrons. The van der Waals surface area contributed by atoms with Crippen LogP contribution >= 0.6 is 15.9 Å². The van der Waals surface area contributed by atoms with Crippen LogP contribution in [0.2, 0.25) is 0 Å². The molecule has 1 aromatic heterocycles. The fraction of sp³-hybridized carbons (Fsp3) is 0.167. The molecular formula is C12H11BrFN3O. The van der Waals surface area contributed by atoms with Gasteiger partial charge < -0.3 is 5.32 Å². The number of rotatable bonds is 2. The van der Waals surface area contributed by atoms with Crippen molar-refractivity contribution < 1.29 is 9.18 Å². The number of aromatic nitrogens is 2. The zero-order valence-electron chi connectivity index (χ0n) is 9.87. The number of hydrogen-bond acceptors (Lipinski definition) is 2. The Morgan fingerprint density at radius 2 is 2.22 bits per heavy atom. The third-order valence-electron chi connectivity index (χ3n) is 2.43. The van der Waals surface area contributed by atoms with Gasteiger partial charge in [-0.25, -0.2) is 4.39 Å². The summed E-state index contributed by atoms with van der Waals surface area (Å²) >= 11 is 3.25. The largest absolute Gasteiger partial charge is 0.321 e. The number of anilines is 1. The predicted octanol–water partition coefficient (Wildman–Crippen LogP) is 2.88. The minimum Gasteiger partial charge on any atom is -0.321 e. The molecule has 4 nitrogen and oxygen atoms in total. The lowest BCUT2D eigenvalue weighted by Crippen LogP contribution is -2.13. The number of hydrogen-bond donors (Lipinski definition) is 1. The number of amides is 1. The highest BCUT2D eigenvalue weighted by atomic mass is 79.9. The van der Waals surface area contributed by atoms with E-state index in [-0.39, 0.29) is 5.91 Å². The van der Waals surface area contributed by atoms with Crippen LogP contribution in [0.1, 0.15) is 16.1 Å². The molecule has 0 bridgehead atoms. The molecule has 1 aromatic carbocycles. The summed E-state index contributed by atoms with van der Waals surface area (Å²) in [6.45, 7) is 1.75. The zero-order valence-corrected chi connectivity index (χ0v) is 11.5. The topological polar surface area (TPSA) is 46.9 Å². The monoisotopic (exact) mass is 311 g/mol. The molecule has 0 spiro atoms. The normalized spacial score (nSPS) is 10.4. The van der Waals surface area contributed by atoms with Gasteiger partial charge in [0.1, 0.15) is 5.82 Å². The van der Waals surface area contributed by atoms with E-state index in [0.29, 0.717) is 21.4 Å². The lowest BCUT2D eigenvalue weighted by molar-refractivity contribution is 0.102. The minimum absolute atomic E-state index is 0.313. The van der Waals surface area contributed by atoms with E-state index in [4.69, 9.17) is 0 Å². The third-order valence-corrected chi connectivity index (χ3v) is 3.13. The maximum atomic E-state index is 13.1. The summed E-state index contributed by atoms with van der Waals surface area (Å²) in [5.41, 5.74) is 1.49. The molecule has 1 amide bonds. The van der Waals surface area contributed by atoms with E-state index < -0.39 is 5.82 Å². The smallest absolute Gasteiger partial charge is 0.259 e. The van der Waals surface area contributed by atoms with Gasteiger partial charge in [0.25, 0.3) is 5.91 Å². The van der Waals surface area contributed by atoms with Crippen molar-refractivity contribution >= 4 is 27.5 Å². The second-order valence-corrected chi connectivity index (χ2v) is 4.73. The number of halogens is 2. The van der Waals surface area contributed by atoms with Crippen LogP contribution in [0.25, 0.3) is 0 Å². The van der Waals surface area contributed by atoms with Crippen molar-refractivity contribution in [3.8, 4) is 0 Å². The Morgan fingerprint density at radius 1 is 1.50 bits per heavy atom. The molecular weight excluding hydrogens is 301 g/mol. The fourth-order valence-electron chi connectivity index (χ4n) is 1.61. The van der Waals surface area contributed by atoms with E-state index >= 15 is 0 Å². The Bertz CT molecular complexity index is 609. The number of benzene rings is 1. The van der Waals surface area contributed by atoms with Crippen LogP contribution in [0.5, 0.6) is 0 Å². The van der Waals surface area contributed by atoms with Gasteiger partial charge in [-0.1, -0.05) is 0 Å². The number of nitrogens with zero attached hydrogens (tertiary/aromatic N) is 2. The average Bonchev–Trinajstić information content (AvgIpc) is 2.63. The molecule has 0 aliphatic rings. The van der Waals surface area contributed by atoms with Crippen LogP contribution in [0.4, 0.5) is 10.1 Å². The van der Waals surface area contributed by atoms with Crippen LogP contribution in [0.15, 0.2) is 28.9 Å². The molecule has 0 aliphatic heterocycles. The van der Waals surface area contributed by atoms with Gasteiger partial charge in [0.15, 0.2) is 0 Å². The quantitative estimate of drug-likeness (QED) is 0.927. The maximum Gasteiger partial charge on any atom is 0.259 e. The van der Waals surface area contributed by atoms with Crippen molar-refractivity contribution in [2.45, 2.75) is 6.92 Å². The summed E-state index contributed by atoms with van der Waals surface area (Å²) in [5.74, 6) is -0.719. The number of aryl methyl sites for hydroxylation is 2. The highest BCUT2D eigenvalue weighted by Gasteiger charge is 2.14. The molecule has 0 unspecified atom stereocenters. The first-order valence-corrected chi connectivity index (χ1v) is 6.03. The SMILES string of the molecule is Cc1nn(C)cc1C(=O)Nc1cc(F)ccc1Br. The maximum absolute atomic E-state index is 13.1. The third kappa shape index (κ3) is 2.59. The van der Waals surface area contributed by atoms with Crippen molar-refractivity contribution in [1.29, 1.82) is 0 Å². The van der Waals surface area contributed by atoms with Crippen molar-refractivity contribution in [2.24, 2.45) is 7.05 Å². The van der Waals surface area contributed by atoms with E-state index in [2.05, 4.69) is 26.3 Å². The highest BCUT2D eigenvalue weighted by Crippen LogP contribution is 2.23. The summed E-state index contributed by atoms with van der Waals surface area (Å²) in [6.07, 6.45) is 1.62. The molecule has 1 N–H and O–H groups in total. The molecule has 0 saturated carbocycles. The van der Waals surface area contributed by atoms with Crippen molar-refractivity contribution in [3.05, 3.63) is 45.9 Å². The van der Waals surface area contributed by atoms with Crippen molar-refractivity contribution in [2.75, 3.05) is 5.32 Å². The van der Waals surface area contributed by atoms with Crippen LogP contribution < -0.4 is 5.32 Å². The Labute approximate surface area is 112 Å². The molecule has 2 aromatic rings. The lowest BCUT2D eigenvalue weighted by atomic mass is 10.2. The molecule has 1 heterocycles. The zero-order chi connectivity index (χ0) is 13.3. The van der Waals surface area contributed by atoms with Crippen molar-refractivity contribution in [1.82, 2.24) is 9.78 Å². The molecule has 2 rings (SSSR count). The number of carbonyl (C=O) groups excluding carboxylic acids is 1. The molecule has 6 heteroatoms. The Balaban J connectivity index is 2.26. The Morgan fingerprint density at radius 3 is 2.83 bits per heavy atom. The van der Waals surface area contributed by atoms with E-state index in [0.717, 1.165) is 0 Å². The average molecular weight is 312 g/mol. The lowest BCUT2D eigenvalue weighted by Gasteiger charge is -2.06. The van der Waals surface area contributed by atoms with E-state index in [9.17, 15) is 9.18 Å². The predicted molar refractivity (Wildman–Crippen MR) is 70.0 cm³/mol. The first-order valence-electron chi connectivity index (χ1n) is 5.24. The van der Waals surface area contributed by atoms with Crippen LogP contribution in [0.3, 0.4) is 0 Å². The molecule has 0 fully saturated rings. The van der Waals surface area contributed by atoms with E-state index in [1.54, 1.807) is 30.9 Å². The van der Waals surface area contributed by atoms with Crippen LogP contribution in [-0.2, 0) is 7.05 Å². The van der Waals surface area contributed by atoms with Gasteiger partial charge in [-0.15, -0.1) is 0 Å².